The molecular weight excluding hydrogens is 356 g/mol. The largest absolute Gasteiger partial charge is 0.439 e. The number of hydrogen-bond donors (Lipinski definition) is 1. The molecule has 0 bridgehead atoms. The average molecular weight is 376 g/mol. The van der Waals surface area contributed by atoms with Crippen molar-refractivity contribution in [3.05, 3.63) is 65.4 Å². The van der Waals surface area contributed by atoms with Crippen LogP contribution >= 0.6 is 0 Å². The van der Waals surface area contributed by atoms with Gasteiger partial charge < -0.3 is 14.3 Å². The van der Waals surface area contributed by atoms with Gasteiger partial charge in [0.2, 0.25) is 5.89 Å². The van der Waals surface area contributed by atoms with Crippen molar-refractivity contribution < 1.29 is 13.7 Å². The Morgan fingerprint density at radius 3 is 2.75 bits per heavy atom. The lowest BCUT2D eigenvalue weighted by Gasteiger charge is -2.08. The standard InChI is InChI=1S/C21H20N4O3/c1-12(2)16-9-15(19-13(3)25-28-21(19)24-16)20(26)23-11-18-22-10-17(27-18)14-7-5-4-6-8-14/h4-10,12H,11H2,1-3H3,(H,23,26). The number of fused-ring (bicyclic) bond motifs is 1. The number of nitrogens with one attached hydrogen (secondary N) is 1. The van der Waals surface area contributed by atoms with Crippen molar-refractivity contribution in [3.63, 3.8) is 0 Å². The second kappa shape index (κ2) is 7.26. The van der Waals surface area contributed by atoms with E-state index in [0.29, 0.717) is 34.0 Å². The van der Waals surface area contributed by atoms with Gasteiger partial charge in [0, 0.05) is 11.3 Å². The number of aryl methyl sites for hydroxylation is 1. The summed E-state index contributed by atoms with van der Waals surface area (Å²) in [5.41, 5.74) is 3.20. The summed E-state index contributed by atoms with van der Waals surface area (Å²) in [5.74, 6) is 0.998. The number of carbonyl (C=O) groups is 1. The third-order valence-corrected chi connectivity index (χ3v) is 4.49. The highest BCUT2D eigenvalue weighted by Gasteiger charge is 2.20. The first-order chi connectivity index (χ1) is 13.5. The summed E-state index contributed by atoms with van der Waals surface area (Å²) in [6.07, 6.45) is 1.66. The molecule has 0 spiro atoms. The molecule has 0 aliphatic rings. The number of aromatic nitrogens is 3. The Bertz CT molecular complexity index is 1130. The van der Waals surface area contributed by atoms with Crippen LogP contribution in [-0.4, -0.2) is 21.0 Å². The molecule has 0 aliphatic carbocycles. The van der Waals surface area contributed by atoms with Crippen molar-refractivity contribution >= 4 is 17.0 Å². The third kappa shape index (κ3) is 3.38. The molecule has 0 unspecified atom stereocenters. The molecule has 0 fully saturated rings. The Morgan fingerprint density at radius 1 is 1.21 bits per heavy atom. The summed E-state index contributed by atoms with van der Waals surface area (Å²) in [6.45, 7) is 5.99. The second-order valence-corrected chi connectivity index (χ2v) is 6.86. The smallest absolute Gasteiger partial charge is 0.259 e. The lowest BCUT2D eigenvalue weighted by Crippen LogP contribution is -2.23. The molecule has 0 saturated carbocycles. The number of benzene rings is 1. The van der Waals surface area contributed by atoms with E-state index in [9.17, 15) is 4.79 Å². The predicted octanol–water partition coefficient (Wildman–Crippen LogP) is 4.24. The third-order valence-electron chi connectivity index (χ3n) is 4.49. The maximum Gasteiger partial charge on any atom is 0.259 e. The maximum atomic E-state index is 12.9. The molecule has 3 aromatic heterocycles. The minimum absolute atomic E-state index is 0.154. The van der Waals surface area contributed by atoms with E-state index in [0.717, 1.165) is 11.3 Å². The monoisotopic (exact) mass is 376 g/mol. The highest BCUT2D eigenvalue weighted by molar-refractivity contribution is 6.06. The van der Waals surface area contributed by atoms with E-state index < -0.39 is 0 Å². The van der Waals surface area contributed by atoms with E-state index in [4.69, 9.17) is 8.94 Å². The zero-order chi connectivity index (χ0) is 19.7. The second-order valence-electron chi connectivity index (χ2n) is 6.86. The van der Waals surface area contributed by atoms with E-state index in [1.165, 1.54) is 0 Å². The zero-order valence-corrected chi connectivity index (χ0v) is 15.9. The maximum absolute atomic E-state index is 12.9. The van der Waals surface area contributed by atoms with Crippen molar-refractivity contribution in [3.8, 4) is 11.3 Å². The summed E-state index contributed by atoms with van der Waals surface area (Å²) in [7, 11) is 0. The molecule has 1 N–H and O–H groups in total. The average Bonchev–Trinajstić information content (AvgIpc) is 3.33. The first kappa shape index (κ1) is 17.9. The van der Waals surface area contributed by atoms with Crippen LogP contribution in [0.2, 0.25) is 0 Å². The van der Waals surface area contributed by atoms with E-state index >= 15 is 0 Å². The fourth-order valence-electron chi connectivity index (χ4n) is 2.97. The molecule has 0 radical (unpaired) electrons. The number of nitrogens with zero attached hydrogens (tertiary/aromatic N) is 3. The van der Waals surface area contributed by atoms with Gasteiger partial charge in [0.15, 0.2) is 5.76 Å². The number of hydrogen-bond acceptors (Lipinski definition) is 6. The van der Waals surface area contributed by atoms with Crippen LogP contribution in [0.5, 0.6) is 0 Å². The van der Waals surface area contributed by atoms with Gasteiger partial charge >= 0.3 is 0 Å². The van der Waals surface area contributed by atoms with E-state index in [1.807, 2.05) is 44.2 Å². The molecule has 142 valence electrons. The summed E-state index contributed by atoms with van der Waals surface area (Å²) in [4.78, 5) is 21.6. The normalized spacial score (nSPS) is 11.3. The van der Waals surface area contributed by atoms with Gasteiger partial charge in [-0.15, -0.1) is 0 Å². The molecule has 0 aliphatic heterocycles. The van der Waals surface area contributed by atoms with Crippen molar-refractivity contribution in [2.75, 3.05) is 0 Å². The Balaban J connectivity index is 1.56. The molecule has 0 atom stereocenters. The minimum atomic E-state index is -0.250. The van der Waals surface area contributed by atoms with Gasteiger partial charge in [0.1, 0.15) is 0 Å². The molecule has 1 amide bonds. The van der Waals surface area contributed by atoms with E-state index in [1.54, 1.807) is 19.2 Å². The number of pyridine rings is 1. The van der Waals surface area contributed by atoms with Crippen molar-refractivity contribution in [1.29, 1.82) is 0 Å². The molecule has 0 saturated heterocycles. The molecule has 1 aromatic carbocycles. The fourth-order valence-corrected chi connectivity index (χ4v) is 2.97. The van der Waals surface area contributed by atoms with Gasteiger partial charge in [-0.25, -0.2) is 9.97 Å². The molecule has 4 aromatic rings. The summed E-state index contributed by atoms with van der Waals surface area (Å²) in [5, 5.41) is 7.43. The zero-order valence-electron chi connectivity index (χ0n) is 15.9. The molecule has 7 nitrogen and oxygen atoms in total. The Kier molecular flexibility index (Phi) is 4.65. The fraction of sp³-hybridized carbons (Fsp3) is 0.238. The topological polar surface area (TPSA) is 94.0 Å². The summed E-state index contributed by atoms with van der Waals surface area (Å²) < 4.78 is 11.0. The molecule has 7 heteroatoms. The first-order valence-electron chi connectivity index (χ1n) is 9.08. The summed E-state index contributed by atoms with van der Waals surface area (Å²) >= 11 is 0. The van der Waals surface area contributed by atoms with Crippen LogP contribution in [0.15, 0.2) is 51.5 Å². The SMILES string of the molecule is Cc1noc2nc(C(C)C)cc(C(=O)NCc3ncc(-c4ccccc4)o3)c12. The van der Waals surface area contributed by atoms with Gasteiger partial charge in [-0.1, -0.05) is 49.3 Å². The first-order valence-corrected chi connectivity index (χ1v) is 9.08. The van der Waals surface area contributed by atoms with Crippen LogP contribution in [0.3, 0.4) is 0 Å². The van der Waals surface area contributed by atoms with Crippen LogP contribution in [0, 0.1) is 6.92 Å². The molecule has 4 rings (SSSR count). The number of rotatable bonds is 5. The van der Waals surface area contributed by atoms with Crippen LogP contribution in [0.4, 0.5) is 0 Å². The lowest BCUT2D eigenvalue weighted by molar-refractivity contribution is 0.0948. The number of amides is 1. The van der Waals surface area contributed by atoms with Crippen molar-refractivity contribution in [2.24, 2.45) is 0 Å². The molecular formula is C21H20N4O3. The van der Waals surface area contributed by atoms with Crippen LogP contribution in [0.1, 0.15) is 47.4 Å². The molecule has 28 heavy (non-hydrogen) atoms. The van der Waals surface area contributed by atoms with Crippen LogP contribution < -0.4 is 5.32 Å². The van der Waals surface area contributed by atoms with Gasteiger partial charge in [-0.3, -0.25) is 4.79 Å². The quantitative estimate of drug-likeness (QED) is 0.560. The van der Waals surface area contributed by atoms with Crippen LogP contribution in [0.25, 0.3) is 22.4 Å². The lowest BCUT2D eigenvalue weighted by atomic mass is 10.0. The highest BCUT2D eigenvalue weighted by atomic mass is 16.5. The Labute approximate surface area is 161 Å². The number of oxazole rings is 1. The molecule has 3 heterocycles. The van der Waals surface area contributed by atoms with Gasteiger partial charge in [0.05, 0.1) is 29.4 Å². The van der Waals surface area contributed by atoms with Crippen LogP contribution in [-0.2, 0) is 6.54 Å². The predicted molar refractivity (Wildman–Crippen MR) is 104 cm³/mol. The van der Waals surface area contributed by atoms with Gasteiger partial charge in [-0.05, 0) is 18.9 Å². The highest BCUT2D eigenvalue weighted by Crippen LogP contribution is 2.25. The Hall–Kier alpha value is -3.48. The number of carbonyl (C=O) groups excluding carboxylic acids is 1. The summed E-state index contributed by atoms with van der Waals surface area (Å²) in [6, 6.07) is 11.5. The van der Waals surface area contributed by atoms with Gasteiger partial charge in [0.25, 0.3) is 11.6 Å². The minimum Gasteiger partial charge on any atom is -0.439 e. The Morgan fingerprint density at radius 2 is 2.00 bits per heavy atom. The van der Waals surface area contributed by atoms with Gasteiger partial charge in [-0.2, -0.15) is 0 Å². The van der Waals surface area contributed by atoms with Crippen molar-refractivity contribution in [2.45, 2.75) is 33.2 Å². The van der Waals surface area contributed by atoms with E-state index in [2.05, 4.69) is 20.4 Å². The van der Waals surface area contributed by atoms with Crippen molar-refractivity contribution in [1.82, 2.24) is 20.4 Å². The van der Waals surface area contributed by atoms with E-state index in [-0.39, 0.29) is 18.4 Å².